The fourth-order valence-corrected chi connectivity index (χ4v) is 2.05. The molecule has 3 nitrogen and oxygen atoms in total. The number of hydrogen-bond donors (Lipinski definition) is 1. The summed E-state index contributed by atoms with van der Waals surface area (Å²) in [5.41, 5.74) is 6.88. The highest BCUT2D eigenvalue weighted by Gasteiger charge is 2.08. The standard InChI is InChI=1S/C14H18N2O/c1-10(5-7-15)12-4-3-11-6-8-16-14(17-2)13(11)9-12/h3-4,6,8-10H,5,7,15H2,1-2H3. The predicted octanol–water partition coefficient (Wildman–Crippen LogP) is 2.70. The largest absolute Gasteiger partial charge is 0.481 e. The Balaban J connectivity index is 2.48. The van der Waals surface area contributed by atoms with Crippen molar-refractivity contribution in [2.24, 2.45) is 5.73 Å². The Morgan fingerprint density at radius 1 is 1.35 bits per heavy atom. The highest BCUT2D eigenvalue weighted by molar-refractivity contribution is 5.87. The lowest BCUT2D eigenvalue weighted by molar-refractivity contribution is 0.403. The summed E-state index contributed by atoms with van der Waals surface area (Å²) < 4.78 is 5.29. The van der Waals surface area contributed by atoms with Gasteiger partial charge in [0.05, 0.1) is 7.11 Å². The molecule has 2 aromatic rings. The molecule has 1 unspecified atom stereocenters. The first-order valence-electron chi connectivity index (χ1n) is 5.89. The maximum Gasteiger partial charge on any atom is 0.221 e. The van der Waals surface area contributed by atoms with Crippen LogP contribution in [-0.2, 0) is 0 Å². The zero-order valence-electron chi connectivity index (χ0n) is 10.3. The van der Waals surface area contributed by atoms with Crippen molar-refractivity contribution < 1.29 is 4.74 Å². The topological polar surface area (TPSA) is 48.1 Å². The Kier molecular flexibility index (Phi) is 3.59. The molecule has 17 heavy (non-hydrogen) atoms. The van der Waals surface area contributed by atoms with Gasteiger partial charge in [0.25, 0.3) is 0 Å². The van der Waals surface area contributed by atoms with E-state index in [4.69, 9.17) is 10.5 Å². The second kappa shape index (κ2) is 5.15. The number of nitrogens with two attached hydrogens (primary N) is 1. The molecule has 0 spiro atoms. The second-order valence-corrected chi connectivity index (χ2v) is 4.28. The van der Waals surface area contributed by atoms with Crippen LogP contribution in [-0.4, -0.2) is 18.6 Å². The zero-order chi connectivity index (χ0) is 12.3. The maximum absolute atomic E-state index is 5.60. The van der Waals surface area contributed by atoms with Gasteiger partial charge in [-0.2, -0.15) is 0 Å². The van der Waals surface area contributed by atoms with E-state index in [9.17, 15) is 0 Å². The lowest BCUT2D eigenvalue weighted by Crippen LogP contribution is -2.04. The van der Waals surface area contributed by atoms with E-state index < -0.39 is 0 Å². The molecule has 2 N–H and O–H groups in total. The molecule has 1 aromatic heterocycles. The van der Waals surface area contributed by atoms with Crippen molar-refractivity contribution in [1.82, 2.24) is 4.98 Å². The van der Waals surface area contributed by atoms with Crippen molar-refractivity contribution in [1.29, 1.82) is 0 Å². The molecule has 0 fully saturated rings. The van der Waals surface area contributed by atoms with E-state index in [1.54, 1.807) is 13.3 Å². The van der Waals surface area contributed by atoms with Gasteiger partial charge in [0, 0.05) is 11.6 Å². The van der Waals surface area contributed by atoms with Crippen LogP contribution < -0.4 is 10.5 Å². The molecule has 0 bridgehead atoms. The van der Waals surface area contributed by atoms with E-state index in [1.807, 2.05) is 6.07 Å². The number of pyridine rings is 1. The number of methoxy groups -OCH3 is 1. The SMILES string of the molecule is COc1nccc2ccc(C(C)CCN)cc12. The Hall–Kier alpha value is -1.61. The van der Waals surface area contributed by atoms with E-state index in [-0.39, 0.29) is 0 Å². The number of rotatable bonds is 4. The van der Waals surface area contributed by atoms with Gasteiger partial charge in [-0.3, -0.25) is 0 Å². The first-order chi connectivity index (χ1) is 8.26. The molecule has 90 valence electrons. The van der Waals surface area contributed by atoms with Crippen molar-refractivity contribution >= 4 is 10.8 Å². The highest BCUT2D eigenvalue weighted by atomic mass is 16.5. The smallest absolute Gasteiger partial charge is 0.221 e. The van der Waals surface area contributed by atoms with Gasteiger partial charge in [0.15, 0.2) is 0 Å². The third kappa shape index (κ3) is 2.39. The molecule has 0 aliphatic rings. The molecular formula is C14H18N2O. The predicted molar refractivity (Wildman–Crippen MR) is 70.4 cm³/mol. The van der Waals surface area contributed by atoms with Crippen molar-refractivity contribution in [2.45, 2.75) is 19.3 Å². The summed E-state index contributed by atoms with van der Waals surface area (Å²) in [5, 5.41) is 2.22. The van der Waals surface area contributed by atoms with Crippen molar-refractivity contribution in [3.8, 4) is 5.88 Å². The van der Waals surface area contributed by atoms with Gasteiger partial charge in [-0.15, -0.1) is 0 Å². The minimum atomic E-state index is 0.467. The molecule has 1 atom stereocenters. The molecule has 1 aromatic carbocycles. The number of nitrogens with zero attached hydrogens (tertiary/aromatic N) is 1. The summed E-state index contributed by atoms with van der Waals surface area (Å²) >= 11 is 0. The molecule has 0 aliphatic carbocycles. The summed E-state index contributed by atoms with van der Waals surface area (Å²) in [6.45, 7) is 2.90. The van der Waals surface area contributed by atoms with Crippen LogP contribution in [0.4, 0.5) is 0 Å². The average molecular weight is 230 g/mol. The summed E-state index contributed by atoms with van der Waals surface area (Å²) in [7, 11) is 1.65. The Labute approximate surface area is 102 Å². The highest BCUT2D eigenvalue weighted by Crippen LogP contribution is 2.27. The van der Waals surface area contributed by atoms with Crippen molar-refractivity contribution in [2.75, 3.05) is 13.7 Å². The van der Waals surface area contributed by atoms with Gasteiger partial charge in [-0.25, -0.2) is 4.98 Å². The molecular weight excluding hydrogens is 212 g/mol. The summed E-state index contributed by atoms with van der Waals surface area (Å²) in [5.74, 6) is 1.15. The minimum Gasteiger partial charge on any atom is -0.481 e. The molecule has 0 radical (unpaired) electrons. The average Bonchev–Trinajstić information content (AvgIpc) is 2.37. The van der Waals surface area contributed by atoms with Gasteiger partial charge in [-0.1, -0.05) is 19.1 Å². The number of hydrogen-bond acceptors (Lipinski definition) is 3. The maximum atomic E-state index is 5.60. The third-order valence-electron chi connectivity index (χ3n) is 3.12. The van der Waals surface area contributed by atoms with E-state index in [1.165, 1.54) is 5.56 Å². The molecule has 0 aliphatic heterocycles. The van der Waals surface area contributed by atoms with E-state index in [0.29, 0.717) is 18.3 Å². The summed E-state index contributed by atoms with van der Waals surface area (Å²) in [4.78, 5) is 4.22. The van der Waals surface area contributed by atoms with Gasteiger partial charge in [-0.05, 0) is 42.0 Å². The van der Waals surface area contributed by atoms with E-state index >= 15 is 0 Å². The Morgan fingerprint density at radius 3 is 2.88 bits per heavy atom. The van der Waals surface area contributed by atoms with Crippen LogP contribution in [0.15, 0.2) is 30.5 Å². The summed E-state index contributed by atoms with van der Waals surface area (Å²) in [6, 6.07) is 8.42. The van der Waals surface area contributed by atoms with Crippen LogP contribution in [0.3, 0.4) is 0 Å². The Morgan fingerprint density at radius 2 is 2.18 bits per heavy atom. The normalized spacial score (nSPS) is 12.6. The molecule has 0 amide bonds. The quantitative estimate of drug-likeness (QED) is 0.878. The fraction of sp³-hybridized carbons (Fsp3) is 0.357. The van der Waals surface area contributed by atoms with Crippen LogP contribution in [0.25, 0.3) is 10.8 Å². The lowest BCUT2D eigenvalue weighted by Gasteiger charge is -2.12. The number of ether oxygens (including phenoxy) is 1. The molecule has 1 heterocycles. The molecule has 0 saturated heterocycles. The Bertz CT molecular complexity index is 511. The van der Waals surface area contributed by atoms with Crippen LogP contribution in [0.1, 0.15) is 24.8 Å². The van der Waals surface area contributed by atoms with Crippen molar-refractivity contribution in [3.05, 3.63) is 36.0 Å². The molecule has 3 heteroatoms. The van der Waals surface area contributed by atoms with Crippen LogP contribution >= 0.6 is 0 Å². The number of fused-ring (bicyclic) bond motifs is 1. The molecule has 0 saturated carbocycles. The van der Waals surface area contributed by atoms with Crippen molar-refractivity contribution in [3.63, 3.8) is 0 Å². The first-order valence-corrected chi connectivity index (χ1v) is 5.89. The fourth-order valence-electron chi connectivity index (χ4n) is 2.05. The monoisotopic (exact) mass is 230 g/mol. The van der Waals surface area contributed by atoms with Crippen LogP contribution in [0.5, 0.6) is 5.88 Å². The zero-order valence-corrected chi connectivity index (χ0v) is 10.3. The third-order valence-corrected chi connectivity index (χ3v) is 3.12. The second-order valence-electron chi connectivity index (χ2n) is 4.28. The van der Waals surface area contributed by atoms with Crippen LogP contribution in [0, 0.1) is 0 Å². The lowest BCUT2D eigenvalue weighted by atomic mass is 9.96. The van der Waals surface area contributed by atoms with Crippen LogP contribution in [0.2, 0.25) is 0 Å². The number of benzene rings is 1. The first kappa shape index (κ1) is 11.9. The van der Waals surface area contributed by atoms with Gasteiger partial charge < -0.3 is 10.5 Å². The van der Waals surface area contributed by atoms with Gasteiger partial charge >= 0.3 is 0 Å². The number of aromatic nitrogens is 1. The van der Waals surface area contributed by atoms with E-state index in [0.717, 1.165) is 17.2 Å². The minimum absolute atomic E-state index is 0.467. The van der Waals surface area contributed by atoms with Gasteiger partial charge in [0.1, 0.15) is 0 Å². The molecule has 2 rings (SSSR count). The van der Waals surface area contributed by atoms with E-state index in [2.05, 4.69) is 30.1 Å². The van der Waals surface area contributed by atoms with Gasteiger partial charge in [0.2, 0.25) is 5.88 Å². The summed E-state index contributed by atoms with van der Waals surface area (Å²) in [6.07, 6.45) is 2.76.